The average molecular weight is 955 g/mol. The smallest absolute Gasteiger partial charge is 0.264 e. The second-order valence-corrected chi connectivity index (χ2v) is 25.4. The molecule has 5 aliphatic carbocycles. The summed E-state index contributed by atoms with van der Waals surface area (Å²) >= 11 is 2.03. The largest absolute Gasteiger partial charge is 0.454 e. The van der Waals surface area contributed by atoms with Crippen molar-refractivity contribution in [3.63, 3.8) is 0 Å². The number of benzene rings is 7. The third-order valence-corrected chi connectivity index (χ3v) is 21.0. The summed E-state index contributed by atoms with van der Waals surface area (Å²) in [6.45, 7) is 7.18. The van der Waals surface area contributed by atoms with Gasteiger partial charge in [0.05, 0.1) is 11.4 Å². The molecule has 3 nitrogen and oxygen atoms in total. The Labute approximate surface area is 429 Å². The van der Waals surface area contributed by atoms with Gasteiger partial charge >= 0.3 is 0 Å². The molecule has 0 radical (unpaired) electrons. The predicted octanol–water partition coefficient (Wildman–Crippen LogP) is 17.4. The highest BCUT2D eigenvalue weighted by molar-refractivity contribution is 7.33. The lowest BCUT2D eigenvalue weighted by Crippen LogP contribution is -2.60. The maximum atomic E-state index is 7.08. The number of thiophene rings is 1. The molecule has 7 aliphatic rings. The summed E-state index contributed by atoms with van der Waals surface area (Å²) in [5, 5.41) is 3.70. The van der Waals surface area contributed by atoms with Crippen LogP contribution in [0.1, 0.15) is 150 Å². The van der Waals surface area contributed by atoms with Crippen molar-refractivity contribution >= 4 is 99.9 Å². The van der Waals surface area contributed by atoms with Gasteiger partial charge in [-0.1, -0.05) is 138 Å². The number of hydrogen-bond acceptors (Lipinski definition) is 4. The van der Waals surface area contributed by atoms with Gasteiger partial charge in [-0.25, -0.2) is 0 Å². The second kappa shape index (κ2) is 15.5. The van der Waals surface area contributed by atoms with Crippen LogP contribution in [0.2, 0.25) is 0 Å². The van der Waals surface area contributed by atoms with Crippen molar-refractivity contribution in [1.82, 2.24) is 0 Å². The summed E-state index contributed by atoms with van der Waals surface area (Å²) in [7, 11) is 0. The molecule has 0 amide bonds. The molecular weight excluding hydrogens is 892 g/mol. The highest BCUT2D eigenvalue weighted by Crippen LogP contribution is 2.68. The van der Waals surface area contributed by atoms with E-state index in [0.29, 0.717) is 23.7 Å². The Morgan fingerprint density at radius 3 is 2.00 bits per heavy atom. The van der Waals surface area contributed by atoms with E-state index in [2.05, 4.69) is 164 Å². The van der Waals surface area contributed by atoms with E-state index in [-0.39, 0.29) is 17.5 Å². The van der Waals surface area contributed by atoms with Gasteiger partial charge in [-0.2, -0.15) is 0 Å². The second-order valence-electron chi connectivity index (χ2n) is 24.3. The monoisotopic (exact) mass is 954 g/mol. The van der Waals surface area contributed by atoms with Gasteiger partial charge in [0, 0.05) is 53.8 Å². The first-order valence-corrected chi connectivity index (χ1v) is 28.8. The van der Waals surface area contributed by atoms with E-state index >= 15 is 0 Å². The lowest BCUT2D eigenvalue weighted by molar-refractivity contribution is 0.400. The zero-order chi connectivity index (χ0) is 47.6. The normalized spacial score (nSPS) is 22.3. The van der Waals surface area contributed by atoms with Crippen LogP contribution in [-0.2, 0) is 10.8 Å². The average Bonchev–Trinajstić information content (AvgIpc) is 4.24. The van der Waals surface area contributed by atoms with Gasteiger partial charge in [0.15, 0.2) is 5.58 Å². The maximum Gasteiger partial charge on any atom is 0.264 e. The third kappa shape index (κ3) is 5.81. The maximum absolute atomic E-state index is 7.08. The molecule has 0 atom stereocenters. The lowest BCUT2D eigenvalue weighted by Gasteiger charge is -2.44. The number of anilines is 6. The van der Waals surface area contributed by atoms with E-state index in [1.165, 1.54) is 183 Å². The zero-order valence-electron chi connectivity index (χ0n) is 42.2. The van der Waals surface area contributed by atoms with Crippen molar-refractivity contribution in [2.45, 2.75) is 133 Å². The first kappa shape index (κ1) is 42.5. The summed E-state index contributed by atoms with van der Waals surface area (Å²) in [4.78, 5) is 5.52. The highest BCUT2D eigenvalue weighted by Gasteiger charge is 2.60. The first-order chi connectivity index (χ1) is 35.3. The molecule has 16 rings (SSSR count). The molecule has 7 aromatic carbocycles. The minimum Gasteiger partial charge on any atom is -0.454 e. The van der Waals surface area contributed by atoms with Crippen LogP contribution >= 0.6 is 11.3 Å². The fourth-order valence-corrected chi connectivity index (χ4v) is 17.8. The van der Waals surface area contributed by atoms with Crippen molar-refractivity contribution in [3.05, 3.63) is 161 Å². The van der Waals surface area contributed by atoms with Crippen molar-refractivity contribution in [2.24, 2.45) is 11.8 Å². The van der Waals surface area contributed by atoms with E-state index in [0.717, 1.165) is 16.9 Å². The Balaban J connectivity index is 1.01. The van der Waals surface area contributed by atoms with E-state index in [4.69, 9.17) is 4.42 Å². The Morgan fingerprint density at radius 1 is 0.542 bits per heavy atom. The van der Waals surface area contributed by atoms with Crippen LogP contribution in [0.3, 0.4) is 0 Å². The van der Waals surface area contributed by atoms with Gasteiger partial charge in [0.2, 0.25) is 0 Å². The lowest BCUT2D eigenvalue weighted by atomic mass is 9.36. The predicted molar refractivity (Wildman–Crippen MR) is 305 cm³/mol. The number of rotatable bonds is 4. The molecule has 2 aromatic heterocycles. The molecule has 4 fully saturated rings. The molecule has 2 bridgehead atoms. The topological polar surface area (TPSA) is 19.6 Å². The molecule has 356 valence electrons. The minimum absolute atomic E-state index is 0.00176. The highest BCUT2D eigenvalue weighted by atomic mass is 32.1. The number of furan rings is 1. The quantitative estimate of drug-likeness (QED) is 0.164. The van der Waals surface area contributed by atoms with Crippen LogP contribution < -0.4 is 25.5 Å². The van der Waals surface area contributed by atoms with Gasteiger partial charge in [0.25, 0.3) is 6.71 Å². The molecule has 4 heterocycles. The van der Waals surface area contributed by atoms with E-state index in [9.17, 15) is 0 Å². The molecule has 9 aromatic rings. The summed E-state index contributed by atoms with van der Waals surface area (Å²) in [6, 6.07) is 53.5. The molecular formula is C67H63BN2OS. The number of para-hydroxylation sites is 2. The van der Waals surface area contributed by atoms with Crippen LogP contribution in [0.5, 0.6) is 0 Å². The first-order valence-electron chi connectivity index (χ1n) is 28.0. The number of fused-ring (bicyclic) bond motifs is 12. The SMILES string of the molecule is CC(C)(C)c1ccc2sc3c(c2c1)N(c1cccc2c1oc1ccccc12)c1cc(C2CCCCC2)cc2c1B3c1ccc(C3CCCCC3)cc1N2c1ccc2c(c1)C1(c3ccccc3-2)C2CCC1CC2. The molecule has 0 saturated heterocycles. The number of nitrogens with zero attached hydrogens (tertiary/aromatic N) is 2. The summed E-state index contributed by atoms with van der Waals surface area (Å²) in [5.74, 6) is 2.53. The molecule has 2 aliphatic heterocycles. The molecule has 0 unspecified atom stereocenters. The van der Waals surface area contributed by atoms with Crippen LogP contribution in [0.4, 0.5) is 34.1 Å². The third-order valence-electron chi connectivity index (χ3n) is 19.7. The molecule has 1 spiro atoms. The fraction of sp³-hybridized carbons (Fsp3) is 0.343. The van der Waals surface area contributed by atoms with Crippen molar-refractivity contribution in [1.29, 1.82) is 0 Å². The van der Waals surface area contributed by atoms with Crippen LogP contribution in [0, 0.1) is 11.8 Å². The van der Waals surface area contributed by atoms with Crippen molar-refractivity contribution in [2.75, 3.05) is 9.80 Å². The Hall–Kier alpha value is -6.04. The Kier molecular flexibility index (Phi) is 9.14. The molecule has 4 saturated carbocycles. The molecule has 72 heavy (non-hydrogen) atoms. The van der Waals surface area contributed by atoms with E-state index in [1.807, 2.05) is 11.3 Å². The van der Waals surface area contributed by atoms with Crippen LogP contribution in [-0.4, -0.2) is 6.71 Å². The van der Waals surface area contributed by atoms with Crippen molar-refractivity contribution in [3.8, 4) is 11.1 Å². The Bertz CT molecular complexity index is 3710. The van der Waals surface area contributed by atoms with E-state index in [1.54, 1.807) is 11.1 Å². The molecule has 0 N–H and O–H groups in total. The van der Waals surface area contributed by atoms with Crippen LogP contribution in [0.25, 0.3) is 43.2 Å². The number of hydrogen-bond donors (Lipinski definition) is 0. The summed E-state index contributed by atoms with van der Waals surface area (Å²) < 4.78 is 9.88. The van der Waals surface area contributed by atoms with Gasteiger partial charge in [-0.3, -0.25) is 0 Å². The fourth-order valence-electron chi connectivity index (χ4n) is 16.5. The van der Waals surface area contributed by atoms with Gasteiger partial charge in [-0.15, -0.1) is 11.3 Å². The van der Waals surface area contributed by atoms with Crippen LogP contribution in [0.15, 0.2) is 138 Å². The van der Waals surface area contributed by atoms with Gasteiger partial charge in [0.1, 0.15) is 5.58 Å². The standard InChI is InChI=1S/C67H63BN2OS/c1-66(2,3)46-30-34-61-52(38-46)63-65(72-61)68-55-33-25-42(40-15-6-4-7-16-40)35-57(55)69(47-31-32-49-48-19-10-12-22-53(48)67(54(49)39-47)44-26-27-45(67)29-28-44)58-36-43(41-17-8-5-9-18-41)37-59(62(58)68)70(63)56-23-14-21-51-50-20-11-13-24-60(50)71-64(51)56/h10-14,19-25,30-41,44-45H,4-9,15-18,26-29H2,1-3H3. The van der Waals surface area contributed by atoms with Gasteiger partial charge < -0.3 is 14.2 Å². The summed E-state index contributed by atoms with van der Waals surface area (Å²) in [6.07, 6.45) is 18.4. The molecule has 5 heteroatoms. The minimum atomic E-state index is 0.00176. The zero-order valence-corrected chi connectivity index (χ0v) is 43.0. The summed E-state index contributed by atoms with van der Waals surface area (Å²) in [5.41, 5.74) is 23.4. The van der Waals surface area contributed by atoms with Crippen molar-refractivity contribution < 1.29 is 4.42 Å². The van der Waals surface area contributed by atoms with Gasteiger partial charge in [-0.05, 0) is 185 Å². The Morgan fingerprint density at radius 2 is 1.22 bits per heavy atom. The van der Waals surface area contributed by atoms with E-state index < -0.39 is 0 Å².